The molecule has 0 aliphatic carbocycles. The highest BCUT2D eigenvalue weighted by atomic mass is 16.2. The number of hydrogen-bond donors (Lipinski definition) is 0. The second kappa shape index (κ2) is 6.87. The zero-order chi connectivity index (χ0) is 18.1. The molecular weight excluding hydrogens is 328 g/mol. The third-order valence-electron chi connectivity index (χ3n) is 5.87. The summed E-state index contributed by atoms with van der Waals surface area (Å²) in [5, 5.41) is 4.62. The molecule has 2 aromatic heterocycles. The van der Waals surface area contributed by atoms with Gasteiger partial charge in [0, 0.05) is 45.1 Å². The molecule has 7 nitrogen and oxygen atoms in total. The maximum absolute atomic E-state index is 13.2. The molecule has 0 spiro atoms. The number of imidazole rings is 1. The summed E-state index contributed by atoms with van der Waals surface area (Å²) in [5.41, 5.74) is 0.623. The van der Waals surface area contributed by atoms with E-state index in [2.05, 4.69) is 38.6 Å². The molecule has 0 aromatic carbocycles. The second-order valence-electron chi connectivity index (χ2n) is 7.73. The van der Waals surface area contributed by atoms with E-state index in [-0.39, 0.29) is 5.41 Å². The summed E-state index contributed by atoms with van der Waals surface area (Å²) < 4.78 is 1.80. The van der Waals surface area contributed by atoms with Gasteiger partial charge in [-0.3, -0.25) is 4.79 Å². The first-order valence-corrected chi connectivity index (χ1v) is 9.66. The van der Waals surface area contributed by atoms with Crippen LogP contribution in [-0.4, -0.2) is 76.1 Å². The Kier molecular flexibility index (Phi) is 4.56. The Labute approximate surface area is 154 Å². The van der Waals surface area contributed by atoms with Crippen LogP contribution in [0.3, 0.4) is 0 Å². The number of aromatic nitrogens is 3. The molecule has 26 heavy (non-hydrogen) atoms. The lowest BCUT2D eigenvalue weighted by molar-refractivity contribution is -0.144. The molecule has 2 aliphatic heterocycles. The quantitative estimate of drug-likeness (QED) is 0.834. The Bertz CT molecular complexity index is 781. The van der Waals surface area contributed by atoms with Gasteiger partial charge in [0.2, 0.25) is 5.91 Å². The fraction of sp³-hybridized carbons (Fsp3) is 0.632. The van der Waals surface area contributed by atoms with E-state index in [4.69, 9.17) is 0 Å². The fourth-order valence-corrected chi connectivity index (χ4v) is 4.28. The SMILES string of the molecule is CCN1CCC[C@@](C)(C(=O)N2CCN(c3ccc4nccn4n3)CC2)C1. The predicted octanol–water partition coefficient (Wildman–Crippen LogP) is 1.50. The largest absolute Gasteiger partial charge is 0.352 e. The highest BCUT2D eigenvalue weighted by molar-refractivity contribution is 5.83. The van der Waals surface area contributed by atoms with E-state index in [1.54, 1.807) is 10.7 Å². The van der Waals surface area contributed by atoms with Crippen molar-refractivity contribution >= 4 is 17.4 Å². The summed E-state index contributed by atoms with van der Waals surface area (Å²) in [7, 11) is 0. The van der Waals surface area contributed by atoms with Crippen molar-refractivity contribution in [2.45, 2.75) is 26.7 Å². The third-order valence-corrected chi connectivity index (χ3v) is 5.87. The van der Waals surface area contributed by atoms with Crippen LogP contribution in [0.5, 0.6) is 0 Å². The Hall–Kier alpha value is -2.15. The summed E-state index contributed by atoms with van der Waals surface area (Å²) in [4.78, 5) is 24.1. The van der Waals surface area contributed by atoms with E-state index >= 15 is 0 Å². The van der Waals surface area contributed by atoms with Gasteiger partial charge in [0.25, 0.3) is 0 Å². The highest BCUT2D eigenvalue weighted by Crippen LogP contribution is 2.32. The van der Waals surface area contributed by atoms with Crippen molar-refractivity contribution < 1.29 is 4.79 Å². The molecule has 1 atom stereocenters. The van der Waals surface area contributed by atoms with E-state index in [9.17, 15) is 4.79 Å². The van der Waals surface area contributed by atoms with Gasteiger partial charge in [-0.15, -0.1) is 5.10 Å². The molecule has 4 heterocycles. The number of likely N-dealkylation sites (tertiary alicyclic amines) is 1. The van der Waals surface area contributed by atoms with Crippen molar-refractivity contribution in [1.82, 2.24) is 24.4 Å². The molecule has 0 radical (unpaired) electrons. The van der Waals surface area contributed by atoms with Crippen molar-refractivity contribution in [2.24, 2.45) is 5.41 Å². The average Bonchev–Trinajstić information content (AvgIpc) is 3.15. The minimum absolute atomic E-state index is 0.232. The van der Waals surface area contributed by atoms with Gasteiger partial charge in [-0.05, 0) is 45.0 Å². The summed E-state index contributed by atoms with van der Waals surface area (Å²) in [5.74, 6) is 1.27. The maximum atomic E-state index is 13.2. The molecule has 2 aliphatic rings. The van der Waals surface area contributed by atoms with Crippen molar-refractivity contribution in [3.63, 3.8) is 0 Å². The van der Waals surface area contributed by atoms with Crippen LogP contribution in [0.4, 0.5) is 5.82 Å². The standard InChI is InChI=1S/C19H28N6O/c1-3-22-9-4-7-19(2,15-22)18(26)24-13-11-23(12-14-24)17-6-5-16-20-8-10-25(16)21-17/h5-6,8,10H,3-4,7,9,11-15H2,1-2H3/t19-/m1/s1. The molecule has 2 aromatic rings. The Morgan fingerprint density at radius 1 is 1.19 bits per heavy atom. The van der Waals surface area contributed by atoms with Gasteiger partial charge in [0.15, 0.2) is 5.65 Å². The van der Waals surface area contributed by atoms with Crippen LogP contribution in [0.2, 0.25) is 0 Å². The van der Waals surface area contributed by atoms with Gasteiger partial charge in [-0.2, -0.15) is 0 Å². The maximum Gasteiger partial charge on any atom is 0.229 e. The summed E-state index contributed by atoms with van der Waals surface area (Å²) in [6, 6.07) is 4.00. The van der Waals surface area contributed by atoms with Gasteiger partial charge in [-0.1, -0.05) is 6.92 Å². The van der Waals surface area contributed by atoms with Crippen molar-refractivity contribution in [3.05, 3.63) is 24.5 Å². The number of piperazine rings is 1. The molecule has 0 N–H and O–H groups in total. The number of anilines is 1. The molecule has 0 bridgehead atoms. The molecule has 0 unspecified atom stereocenters. The first-order chi connectivity index (χ1) is 12.6. The van der Waals surface area contributed by atoms with E-state index in [1.807, 2.05) is 18.3 Å². The number of nitrogens with zero attached hydrogens (tertiary/aromatic N) is 6. The molecule has 140 valence electrons. The Morgan fingerprint density at radius 3 is 2.77 bits per heavy atom. The normalized spacial score (nSPS) is 25.0. The van der Waals surface area contributed by atoms with Gasteiger partial charge < -0.3 is 14.7 Å². The number of carbonyl (C=O) groups is 1. The minimum atomic E-state index is -0.232. The molecule has 0 saturated carbocycles. The molecule has 2 fully saturated rings. The monoisotopic (exact) mass is 356 g/mol. The van der Waals surface area contributed by atoms with Crippen LogP contribution in [0.15, 0.2) is 24.5 Å². The van der Waals surface area contributed by atoms with E-state index < -0.39 is 0 Å². The van der Waals surface area contributed by atoms with Crippen molar-refractivity contribution in [3.8, 4) is 0 Å². The number of fused-ring (bicyclic) bond motifs is 1. The number of piperidine rings is 1. The van der Waals surface area contributed by atoms with Crippen LogP contribution < -0.4 is 4.90 Å². The highest BCUT2D eigenvalue weighted by Gasteiger charge is 2.40. The van der Waals surface area contributed by atoms with E-state index in [1.165, 1.54) is 0 Å². The second-order valence-corrected chi connectivity index (χ2v) is 7.73. The van der Waals surface area contributed by atoms with Crippen molar-refractivity contribution in [2.75, 3.05) is 50.7 Å². The predicted molar refractivity (Wildman–Crippen MR) is 101 cm³/mol. The summed E-state index contributed by atoms with van der Waals surface area (Å²) >= 11 is 0. The van der Waals surface area contributed by atoms with Crippen LogP contribution in [0.25, 0.3) is 5.65 Å². The van der Waals surface area contributed by atoms with Crippen LogP contribution in [0.1, 0.15) is 26.7 Å². The Morgan fingerprint density at radius 2 is 2.00 bits per heavy atom. The molecule has 1 amide bonds. The van der Waals surface area contributed by atoms with E-state index in [0.29, 0.717) is 5.91 Å². The van der Waals surface area contributed by atoms with Crippen molar-refractivity contribution in [1.29, 1.82) is 0 Å². The van der Waals surface area contributed by atoms with Crippen LogP contribution in [-0.2, 0) is 4.79 Å². The fourth-order valence-electron chi connectivity index (χ4n) is 4.28. The van der Waals surface area contributed by atoms with Gasteiger partial charge in [-0.25, -0.2) is 9.50 Å². The van der Waals surface area contributed by atoms with E-state index in [0.717, 1.165) is 70.1 Å². The molecule has 2 saturated heterocycles. The molecule has 4 rings (SSSR count). The zero-order valence-corrected chi connectivity index (χ0v) is 15.8. The molecule has 7 heteroatoms. The lowest BCUT2D eigenvalue weighted by Gasteiger charge is -2.44. The van der Waals surface area contributed by atoms with Gasteiger partial charge in [0.1, 0.15) is 5.82 Å². The number of hydrogen-bond acceptors (Lipinski definition) is 5. The lowest BCUT2D eigenvalue weighted by Crippen LogP contribution is -2.56. The lowest BCUT2D eigenvalue weighted by atomic mass is 9.80. The first kappa shape index (κ1) is 17.3. The smallest absolute Gasteiger partial charge is 0.229 e. The number of amides is 1. The topological polar surface area (TPSA) is 57.0 Å². The average molecular weight is 356 g/mol. The minimum Gasteiger partial charge on any atom is -0.352 e. The van der Waals surface area contributed by atoms with Gasteiger partial charge in [0.05, 0.1) is 5.41 Å². The number of rotatable bonds is 3. The number of carbonyl (C=O) groups excluding carboxylic acids is 1. The Balaban J connectivity index is 1.40. The molecular formula is C19H28N6O. The van der Waals surface area contributed by atoms with Crippen LogP contribution in [0, 0.1) is 5.41 Å². The summed E-state index contributed by atoms with van der Waals surface area (Å²) in [6.45, 7) is 10.6. The van der Waals surface area contributed by atoms with Crippen LogP contribution >= 0.6 is 0 Å². The zero-order valence-electron chi connectivity index (χ0n) is 15.8. The first-order valence-electron chi connectivity index (χ1n) is 9.66. The summed E-state index contributed by atoms with van der Waals surface area (Å²) in [6.07, 6.45) is 5.74. The third kappa shape index (κ3) is 3.16. The van der Waals surface area contributed by atoms with Gasteiger partial charge >= 0.3 is 0 Å².